The van der Waals surface area contributed by atoms with Gasteiger partial charge in [0, 0.05) is 6.54 Å². The molecule has 0 fully saturated rings. The minimum atomic E-state index is -1.15. The third-order valence-corrected chi connectivity index (χ3v) is 5.53. The molecule has 0 radical (unpaired) electrons. The zero-order valence-corrected chi connectivity index (χ0v) is 21.9. The smallest absolute Gasteiger partial charge is 0.407 e. The van der Waals surface area contributed by atoms with Gasteiger partial charge in [0.1, 0.15) is 25.3 Å². The number of carbonyl (C=O) groups is 4. The number of hydrogen-bond donors (Lipinski definition) is 4. The zero-order valence-electron chi connectivity index (χ0n) is 21.9. The van der Waals surface area contributed by atoms with Crippen molar-refractivity contribution < 1.29 is 33.8 Å². The molecule has 2 aromatic rings. The van der Waals surface area contributed by atoms with E-state index in [1.807, 2.05) is 74.5 Å². The zero-order chi connectivity index (χ0) is 27.8. The van der Waals surface area contributed by atoms with Crippen LogP contribution < -0.4 is 16.0 Å². The summed E-state index contributed by atoms with van der Waals surface area (Å²) in [7, 11) is 0. The fourth-order valence-corrected chi connectivity index (χ4v) is 3.57. The second-order valence-electron chi connectivity index (χ2n) is 9.27. The van der Waals surface area contributed by atoms with Crippen molar-refractivity contribution in [2.45, 2.75) is 64.8 Å². The highest BCUT2D eigenvalue weighted by molar-refractivity contribution is 5.86. The molecule has 4 N–H and O–H groups in total. The number of alkyl carbamates (subject to hydrolysis) is 1. The van der Waals surface area contributed by atoms with Crippen LogP contribution in [0.4, 0.5) is 9.59 Å². The molecule has 0 aliphatic heterocycles. The minimum Gasteiger partial charge on any atom is -0.480 e. The molecule has 3 amide bonds. The van der Waals surface area contributed by atoms with E-state index in [9.17, 15) is 24.3 Å². The predicted molar refractivity (Wildman–Crippen MR) is 141 cm³/mol. The molecule has 0 unspecified atom stereocenters. The Hall–Kier alpha value is -4.08. The Bertz CT molecular complexity index is 1020. The maximum absolute atomic E-state index is 12.8. The number of aliphatic carboxylic acids is 1. The number of rotatable bonds is 15. The monoisotopic (exact) mass is 527 g/mol. The first-order valence-electron chi connectivity index (χ1n) is 12.7. The minimum absolute atomic E-state index is 0.0411. The third-order valence-electron chi connectivity index (χ3n) is 5.53. The van der Waals surface area contributed by atoms with Gasteiger partial charge in [0.25, 0.3) is 0 Å². The van der Waals surface area contributed by atoms with Crippen LogP contribution in [-0.4, -0.2) is 47.8 Å². The van der Waals surface area contributed by atoms with E-state index in [0.29, 0.717) is 19.4 Å². The first-order chi connectivity index (χ1) is 18.2. The van der Waals surface area contributed by atoms with Gasteiger partial charge >= 0.3 is 24.1 Å². The molecule has 206 valence electrons. The maximum atomic E-state index is 12.8. The van der Waals surface area contributed by atoms with E-state index in [1.165, 1.54) is 0 Å². The van der Waals surface area contributed by atoms with Crippen LogP contribution in [0.25, 0.3) is 0 Å². The highest BCUT2D eigenvalue weighted by Gasteiger charge is 2.26. The molecule has 0 saturated carbocycles. The molecule has 0 bridgehead atoms. The second kappa shape index (κ2) is 16.6. The predicted octanol–water partition coefficient (Wildman–Crippen LogP) is 3.99. The average Bonchev–Trinajstić information content (AvgIpc) is 2.90. The molecule has 0 heterocycles. The Kier molecular flexibility index (Phi) is 13.2. The lowest BCUT2D eigenvalue weighted by atomic mass is 10.0. The van der Waals surface area contributed by atoms with Gasteiger partial charge in [-0.2, -0.15) is 0 Å². The molecule has 10 heteroatoms. The maximum Gasteiger partial charge on any atom is 0.407 e. The van der Waals surface area contributed by atoms with Gasteiger partial charge in [-0.05, 0) is 42.7 Å². The lowest BCUT2D eigenvalue weighted by Crippen LogP contribution is -2.51. The van der Waals surface area contributed by atoms with Crippen LogP contribution >= 0.6 is 0 Å². The molecule has 2 atom stereocenters. The number of nitrogens with one attached hydrogen (secondary N) is 3. The first-order valence-corrected chi connectivity index (χ1v) is 12.7. The largest absolute Gasteiger partial charge is 0.480 e. The summed E-state index contributed by atoms with van der Waals surface area (Å²) in [5, 5.41) is 17.0. The Morgan fingerprint density at radius 2 is 1.34 bits per heavy atom. The summed E-state index contributed by atoms with van der Waals surface area (Å²) in [5.41, 5.74) is 1.67. The van der Waals surface area contributed by atoms with E-state index in [-0.39, 0.29) is 32.0 Å². The fraction of sp³-hybridized carbons (Fsp3) is 0.429. The second-order valence-corrected chi connectivity index (χ2v) is 9.27. The number of esters is 1. The first kappa shape index (κ1) is 30.1. The molecule has 0 aromatic heterocycles. The van der Waals surface area contributed by atoms with Crippen LogP contribution in [0.3, 0.4) is 0 Å². The molecule has 2 rings (SSSR count). The van der Waals surface area contributed by atoms with Gasteiger partial charge in [0.2, 0.25) is 0 Å². The Labute approximate surface area is 223 Å². The van der Waals surface area contributed by atoms with Gasteiger partial charge in [-0.1, -0.05) is 74.5 Å². The molecular formula is C28H37N3O7. The SMILES string of the molecule is CC(C)C[C@H](NC(=O)N[C@@H](CCCCNC(=O)OCc1ccccc1)C(=O)OCc1ccccc1)C(=O)O. The van der Waals surface area contributed by atoms with Crippen molar-refractivity contribution in [3.8, 4) is 0 Å². The summed E-state index contributed by atoms with van der Waals surface area (Å²) in [5.74, 6) is -1.73. The Balaban J connectivity index is 1.84. The molecule has 0 spiro atoms. The molecular weight excluding hydrogens is 490 g/mol. The quantitative estimate of drug-likeness (QED) is 0.203. The fourth-order valence-electron chi connectivity index (χ4n) is 3.57. The van der Waals surface area contributed by atoms with Crippen molar-refractivity contribution in [2.24, 2.45) is 5.92 Å². The van der Waals surface area contributed by atoms with E-state index < -0.39 is 36.1 Å². The molecule has 0 aliphatic carbocycles. The molecule has 38 heavy (non-hydrogen) atoms. The van der Waals surface area contributed by atoms with Gasteiger partial charge in [-0.3, -0.25) is 0 Å². The van der Waals surface area contributed by atoms with Crippen molar-refractivity contribution in [1.29, 1.82) is 0 Å². The van der Waals surface area contributed by atoms with Gasteiger partial charge in [0.15, 0.2) is 0 Å². The number of benzene rings is 2. The van der Waals surface area contributed by atoms with Crippen LogP contribution in [0.5, 0.6) is 0 Å². The van der Waals surface area contributed by atoms with Gasteiger partial charge < -0.3 is 30.5 Å². The Morgan fingerprint density at radius 3 is 1.89 bits per heavy atom. The number of hydrogen-bond acceptors (Lipinski definition) is 6. The number of carbonyl (C=O) groups excluding carboxylic acids is 3. The lowest BCUT2D eigenvalue weighted by Gasteiger charge is -2.21. The summed E-state index contributed by atoms with van der Waals surface area (Å²) >= 11 is 0. The topological polar surface area (TPSA) is 143 Å². The van der Waals surface area contributed by atoms with Gasteiger partial charge in [0.05, 0.1) is 0 Å². The number of carboxylic acid groups (broad SMARTS) is 1. The van der Waals surface area contributed by atoms with Crippen LogP contribution in [-0.2, 0) is 32.3 Å². The Morgan fingerprint density at radius 1 is 0.789 bits per heavy atom. The van der Waals surface area contributed by atoms with E-state index in [2.05, 4.69) is 16.0 Å². The van der Waals surface area contributed by atoms with Crippen molar-refractivity contribution >= 4 is 24.1 Å². The van der Waals surface area contributed by atoms with E-state index in [0.717, 1.165) is 11.1 Å². The van der Waals surface area contributed by atoms with Crippen LogP contribution in [0.2, 0.25) is 0 Å². The van der Waals surface area contributed by atoms with E-state index >= 15 is 0 Å². The van der Waals surface area contributed by atoms with Crippen LogP contribution in [0, 0.1) is 5.92 Å². The number of amides is 3. The van der Waals surface area contributed by atoms with Crippen molar-refractivity contribution in [1.82, 2.24) is 16.0 Å². The molecule has 0 aliphatic rings. The number of ether oxygens (including phenoxy) is 2. The van der Waals surface area contributed by atoms with Crippen molar-refractivity contribution in [2.75, 3.05) is 6.54 Å². The summed E-state index contributed by atoms with van der Waals surface area (Å²) in [6.07, 6.45) is 0.951. The lowest BCUT2D eigenvalue weighted by molar-refractivity contribution is -0.147. The summed E-state index contributed by atoms with van der Waals surface area (Å²) in [6, 6.07) is 15.6. The highest BCUT2D eigenvalue weighted by Crippen LogP contribution is 2.09. The number of carboxylic acids is 1. The van der Waals surface area contributed by atoms with E-state index in [1.54, 1.807) is 0 Å². The highest BCUT2D eigenvalue weighted by atomic mass is 16.5. The summed E-state index contributed by atoms with van der Waals surface area (Å²) < 4.78 is 10.6. The number of unbranched alkanes of at least 4 members (excludes halogenated alkanes) is 1. The van der Waals surface area contributed by atoms with Gasteiger partial charge in [-0.15, -0.1) is 0 Å². The van der Waals surface area contributed by atoms with Crippen LogP contribution in [0.15, 0.2) is 60.7 Å². The average molecular weight is 528 g/mol. The van der Waals surface area contributed by atoms with E-state index in [4.69, 9.17) is 9.47 Å². The van der Waals surface area contributed by atoms with Crippen LogP contribution in [0.1, 0.15) is 50.7 Å². The third kappa shape index (κ3) is 12.2. The summed E-state index contributed by atoms with van der Waals surface area (Å²) in [6.45, 7) is 4.23. The number of urea groups is 1. The van der Waals surface area contributed by atoms with Crippen molar-refractivity contribution in [3.05, 3.63) is 71.8 Å². The van der Waals surface area contributed by atoms with Gasteiger partial charge in [-0.25, -0.2) is 19.2 Å². The normalized spacial score (nSPS) is 12.2. The van der Waals surface area contributed by atoms with Crippen molar-refractivity contribution in [3.63, 3.8) is 0 Å². The molecule has 0 saturated heterocycles. The molecule has 10 nitrogen and oxygen atoms in total. The standard InChI is InChI=1S/C28H37N3O7/c1-20(2)17-24(25(32)33)31-27(35)30-23(26(34)37-18-21-11-5-3-6-12-21)15-9-10-16-29-28(36)38-19-22-13-7-4-8-14-22/h3-8,11-14,20,23-24H,9-10,15-19H2,1-2H3,(H,29,36)(H,32,33)(H2,30,31,35)/t23-,24-/m0/s1. The molecule has 2 aromatic carbocycles. The summed E-state index contributed by atoms with van der Waals surface area (Å²) in [4.78, 5) is 48.7.